The number of benzene rings is 1. The average molecular weight is 394 g/mol. The number of hydrogen-bond donors (Lipinski definition) is 4. The molecule has 1 aliphatic heterocycles. The lowest BCUT2D eigenvalue weighted by Gasteiger charge is -2.24. The van der Waals surface area contributed by atoms with E-state index in [1.54, 1.807) is 6.20 Å². The molecular weight excluding hydrogens is 362 g/mol. The predicted molar refractivity (Wildman–Crippen MR) is 119 cm³/mol. The topological polar surface area (TPSA) is 95.3 Å². The predicted octanol–water partition coefficient (Wildman–Crippen LogP) is 3.62. The summed E-state index contributed by atoms with van der Waals surface area (Å²) in [6.07, 6.45) is 9.99. The summed E-state index contributed by atoms with van der Waals surface area (Å²) in [5.74, 6) is 0.856. The Kier molecular flexibility index (Phi) is 6.30. The molecule has 154 valence electrons. The number of piperidine rings is 1. The quantitative estimate of drug-likeness (QED) is 0.461. The van der Waals surface area contributed by atoms with Crippen molar-refractivity contribution in [3.05, 3.63) is 58.0 Å². The molecule has 2 aliphatic rings. The summed E-state index contributed by atoms with van der Waals surface area (Å²) in [6.45, 7) is 2.15. The molecule has 1 aliphatic carbocycles. The Bertz CT molecular complexity index is 890. The van der Waals surface area contributed by atoms with E-state index in [1.165, 1.54) is 37.7 Å². The van der Waals surface area contributed by atoms with E-state index in [-0.39, 0.29) is 11.4 Å². The zero-order valence-corrected chi connectivity index (χ0v) is 16.9. The highest BCUT2D eigenvalue weighted by Gasteiger charge is 2.18. The molecule has 1 saturated carbocycles. The van der Waals surface area contributed by atoms with Crippen LogP contribution in [0.2, 0.25) is 0 Å². The van der Waals surface area contributed by atoms with Gasteiger partial charge in [-0.3, -0.25) is 4.79 Å². The van der Waals surface area contributed by atoms with Crippen molar-refractivity contribution in [2.24, 2.45) is 10.7 Å². The molecule has 0 unspecified atom stereocenters. The van der Waals surface area contributed by atoms with E-state index in [1.807, 2.05) is 18.2 Å². The number of rotatable bonds is 5. The van der Waals surface area contributed by atoms with Crippen LogP contribution in [0, 0.1) is 0 Å². The minimum atomic E-state index is -0.210. The lowest BCUT2D eigenvalue weighted by molar-refractivity contribution is 0.460. The van der Waals surface area contributed by atoms with Gasteiger partial charge in [-0.1, -0.05) is 31.4 Å². The van der Waals surface area contributed by atoms with Crippen molar-refractivity contribution in [2.75, 3.05) is 18.4 Å². The number of amidine groups is 1. The second-order valence-electron chi connectivity index (χ2n) is 8.19. The minimum absolute atomic E-state index is 0.210. The number of H-pyrrole nitrogens is 1. The van der Waals surface area contributed by atoms with Gasteiger partial charge in [-0.2, -0.15) is 0 Å². The summed E-state index contributed by atoms with van der Waals surface area (Å²) in [4.78, 5) is 19.8. The third-order valence-corrected chi connectivity index (χ3v) is 6.13. The molecular formula is C23H31N5O. The van der Waals surface area contributed by atoms with Gasteiger partial charge < -0.3 is 21.4 Å². The zero-order valence-electron chi connectivity index (χ0n) is 16.9. The number of aliphatic imine (C=N–C) groups is 1. The summed E-state index contributed by atoms with van der Waals surface area (Å²) < 4.78 is 0. The van der Waals surface area contributed by atoms with Crippen molar-refractivity contribution in [1.29, 1.82) is 0 Å². The summed E-state index contributed by atoms with van der Waals surface area (Å²) in [6, 6.07) is 10.5. The van der Waals surface area contributed by atoms with E-state index < -0.39 is 0 Å². The van der Waals surface area contributed by atoms with E-state index in [0.29, 0.717) is 17.5 Å². The first kappa shape index (κ1) is 19.7. The summed E-state index contributed by atoms with van der Waals surface area (Å²) >= 11 is 0. The molecule has 29 heavy (non-hydrogen) atoms. The Morgan fingerprint density at radius 3 is 2.45 bits per heavy atom. The van der Waals surface area contributed by atoms with Crippen LogP contribution < -0.4 is 21.9 Å². The summed E-state index contributed by atoms with van der Waals surface area (Å²) in [5, 5.41) is 6.93. The maximum atomic E-state index is 12.5. The van der Waals surface area contributed by atoms with Crippen molar-refractivity contribution >= 4 is 17.2 Å². The molecule has 1 aromatic carbocycles. The molecule has 1 aromatic heterocycles. The van der Waals surface area contributed by atoms with Crippen LogP contribution in [0.1, 0.15) is 62.0 Å². The highest BCUT2D eigenvalue weighted by atomic mass is 16.1. The van der Waals surface area contributed by atoms with Gasteiger partial charge in [-0.15, -0.1) is 0 Å². The van der Waals surface area contributed by atoms with E-state index in [2.05, 4.69) is 32.7 Å². The van der Waals surface area contributed by atoms with Gasteiger partial charge in [-0.25, -0.2) is 4.99 Å². The summed E-state index contributed by atoms with van der Waals surface area (Å²) in [5.41, 5.74) is 9.41. The first-order valence-electron chi connectivity index (χ1n) is 10.8. The van der Waals surface area contributed by atoms with Crippen LogP contribution in [-0.4, -0.2) is 30.0 Å². The normalized spacial score (nSPS) is 19.2. The lowest BCUT2D eigenvalue weighted by atomic mass is 9.90. The minimum Gasteiger partial charge on any atom is -0.383 e. The first-order chi connectivity index (χ1) is 14.2. The molecule has 0 amide bonds. The second kappa shape index (κ2) is 9.27. The lowest BCUT2D eigenvalue weighted by Crippen LogP contribution is -2.29. The van der Waals surface area contributed by atoms with Gasteiger partial charge >= 0.3 is 0 Å². The van der Waals surface area contributed by atoms with Crippen LogP contribution in [0.4, 0.5) is 11.4 Å². The monoisotopic (exact) mass is 393 g/mol. The van der Waals surface area contributed by atoms with Gasteiger partial charge in [-0.05, 0) is 68.5 Å². The smallest absolute Gasteiger partial charge is 0.261 e. The van der Waals surface area contributed by atoms with Gasteiger partial charge in [0.25, 0.3) is 5.56 Å². The molecule has 1 saturated heterocycles. The van der Waals surface area contributed by atoms with Gasteiger partial charge in [0.2, 0.25) is 0 Å². The molecule has 0 bridgehead atoms. The highest BCUT2D eigenvalue weighted by molar-refractivity contribution is 6.03. The third kappa shape index (κ3) is 4.88. The molecule has 2 fully saturated rings. The molecule has 0 atom stereocenters. The van der Waals surface area contributed by atoms with Crippen LogP contribution in [0.3, 0.4) is 0 Å². The average Bonchev–Trinajstić information content (AvgIpc) is 2.76. The Balaban J connectivity index is 1.54. The first-order valence-corrected chi connectivity index (χ1v) is 10.8. The largest absolute Gasteiger partial charge is 0.383 e. The number of nitrogens with zero attached hydrogens (tertiary/aromatic N) is 1. The summed E-state index contributed by atoms with van der Waals surface area (Å²) in [7, 11) is 0. The Morgan fingerprint density at radius 1 is 1.00 bits per heavy atom. The second-order valence-corrected chi connectivity index (χ2v) is 8.19. The number of nitrogens with one attached hydrogen (secondary N) is 3. The maximum Gasteiger partial charge on any atom is 0.261 e. The molecule has 6 heteroatoms. The highest BCUT2D eigenvalue weighted by Crippen LogP contribution is 2.27. The van der Waals surface area contributed by atoms with Crippen LogP contribution in [0.5, 0.6) is 0 Å². The Hall–Kier alpha value is -2.60. The van der Waals surface area contributed by atoms with Crippen molar-refractivity contribution < 1.29 is 0 Å². The molecule has 0 radical (unpaired) electrons. The molecule has 6 nitrogen and oxygen atoms in total. The standard InChI is InChI=1S/C23H31N5O/c24-22(28-19-8-6-16(7-9-19)17-10-13-25-14-11-17)21-20(12-15-26-23(21)29)27-18-4-2-1-3-5-18/h6-9,12,15,17-18,25H,1-5,10-11,13-14H2,(H2,24,28)(H2,26,27,29). The SMILES string of the molecule is NC(=Nc1ccc(C2CCNCC2)cc1)c1c(NC2CCCCC2)cc[nH]c1=O. The third-order valence-electron chi connectivity index (χ3n) is 6.13. The van der Waals surface area contributed by atoms with E-state index >= 15 is 0 Å². The van der Waals surface area contributed by atoms with Crippen LogP contribution in [-0.2, 0) is 0 Å². The fourth-order valence-electron chi connectivity index (χ4n) is 4.49. The van der Waals surface area contributed by atoms with Crippen molar-refractivity contribution in [3.8, 4) is 0 Å². The molecule has 5 N–H and O–H groups in total. The van der Waals surface area contributed by atoms with E-state index in [0.717, 1.165) is 37.3 Å². The van der Waals surface area contributed by atoms with Gasteiger partial charge in [0, 0.05) is 12.2 Å². The van der Waals surface area contributed by atoms with Gasteiger partial charge in [0.05, 0.1) is 11.4 Å². The van der Waals surface area contributed by atoms with Gasteiger partial charge in [0.15, 0.2) is 0 Å². The Morgan fingerprint density at radius 2 is 1.72 bits per heavy atom. The number of aromatic amines is 1. The fourth-order valence-corrected chi connectivity index (χ4v) is 4.49. The number of anilines is 1. The fraction of sp³-hybridized carbons (Fsp3) is 0.478. The van der Waals surface area contributed by atoms with Crippen molar-refractivity contribution in [2.45, 2.75) is 56.9 Å². The van der Waals surface area contributed by atoms with Crippen LogP contribution in [0.15, 0.2) is 46.3 Å². The molecule has 0 spiro atoms. The zero-order chi connectivity index (χ0) is 20.1. The van der Waals surface area contributed by atoms with Crippen LogP contribution in [0.25, 0.3) is 0 Å². The van der Waals surface area contributed by atoms with E-state index in [9.17, 15) is 4.79 Å². The van der Waals surface area contributed by atoms with Crippen LogP contribution >= 0.6 is 0 Å². The van der Waals surface area contributed by atoms with Gasteiger partial charge in [0.1, 0.15) is 11.4 Å². The van der Waals surface area contributed by atoms with Crippen molar-refractivity contribution in [3.63, 3.8) is 0 Å². The molecule has 4 rings (SSSR count). The number of hydrogen-bond acceptors (Lipinski definition) is 4. The number of aromatic nitrogens is 1. The van der Waals surface area contributed by atoms with E-state index in [4.69, 9.17) is 5.73 Å². The molecule has 2 heterocycles. The van der Waals surface area contributed by atoms with Crippen molar-refractivity contribution in [1.82, 2.24) is 10.3 Å². The number of nitrogens with two attached hydrogens (primary N) is 1. The Labute approximate surface area is 172 Å². The molecule has 2 aromatic rings. The number of pyridine rings is 1. The maximum absolute atomic E-state index is 12.5.